The highest BCUT2D eigenvalue weighted by atomic mass is 32.2. The fourth-order valence-electron chi connectivity index (χ4n) is 2.66. The molecule has 1 N–H and O–H groups in total. The molecule has 6 heteroatoms. The van der Waals surface area contributed by atoms with Gasteiger partial charge in [0, 0.05) is 26.2 Å². The average molecular weight is 326 g/mol. The molecule has 1 aliphatic rings. The second-order valence-electron chi connectivity index (χ2n) is 6.10. The molecule has 0 bridgehead atoms. The van der Waals surface area contributed by atoms with Crippen LogP contribution in [-0.4, -0.2) is 51.9 Å². The monoisotopic (exact) mass is 326 g/mol. The zero-order valence-corrected chi connectivity index (χ0v) is 14.4. The van der Waals surface area contributed by atoms with Crippen LogP contribution in [0.4, 0.5) is 0 Å². The minimum atomic E-state index is -3.12. The van der Waals surface area contributed by atoms with E-state index in [1.165, 1.54) is 22.9 Å². The van der Waals surface area contributed by atoms with Crippen molar-refractivity contribution in [3.05, 3.63) is 34.9 Å². The Labute approximate surface area is 133 Å². The fraction of sp³-hybridized carbons (Fsp3) is 0.625. The average Bonchev–Trinajstić information content (AvgIpc) is 2.42. The second kappa shape index (κ2) is 7.55. The van der Waals surface area contributed by atoms with Crippen LogP contribution in [0.1, 0.15) is 23.1 Å². The highest BCUT2D eigenvalue weighted by Gasteiger charge is 2.20. The van der Waals surface area contributed by atoms with E-state index in [0.717, 1.165) is 19.6 Å². The predicted octanol–water partition coefficient (Wildman–Crippen LogP) is 1.44. The minimum Gasteiger partial charge on any atom is -0.376 e. The summed E-state index contributed by atoms with van der Waals surface area (Å²) in [6.45, 7) is 8.08. The third-order valence-electron chi connectivity index (χ3n) is 4.03. The van der Waals surface area contributed by atoms with Gasteiger partial charge in [-0.15, -0.1) is 0 Å². The van der Waals surface area contributed by atoms with E-state index in [1.54, 1.807) is 0 Å². The lowest BCUT2D eigenvalue weighted by atomic mass is 10.1. The molecular formula is C16H26N2O3S. The van der Waals surface area contributed by atoms with Crippen LogP contribution in [0.5, 0.6) is 0 Å². The van der Waals surface area contributed by atoms with E-state index in [9.17, 15) is 8.42 Å². The van der Waals surface area contributed by atoms with Crippen molar-refractivity contribution in [2.75, 3.05) is 32.5 Å². The van der Waals surface area contributed by atoms with E-state index < -0.39 is 10.0 Å². The van der Waals surface area contributed by atoms with Crippen LogP contribution in [0.15, 0.2) is 18.2 Å². The molecule has 5 nitrogen and oxygen atoms in total. The summed E-state index contributed by atoms with van der Waals surface area (Å²) in [5.74, 6) is 0. The lowest BCUT2D eigenvalue weighted by Gasteiger charge is -2.33. The predicted molar refractivity (Wildman–Crippen MR) is 88.4 cm³/mol. The number of aryl methyl sites for hydroxylation is 2. The van der Waals surface area contributed by atoms with Crippen LogP contribution in [0.3, 0.4) is 0 Å². The van der Waals surface area contributed by atoms with Crippen LogP contribution in [0, 0.1) is 13.8 Å². The van der Waals surface area contributed by atoms with Crippen molar-refractivity contribution < 1.29 is 13.2 Å². The zero-order chi connectivity index (χ0) is 16.2. The Hall–Kier alpha value is -0.950. The second-order valence-corrected chi connectivity index (χ2v) is 7.93. The van der Waals surface area contributed by atoms with E-state index in [1.807, 2.05) is 0 Å². The molecule has 1 aliphatic heterocycles. The van der Waals surface area contributed by atoms with Crippen molar-refractivity contribution in [3.8, 4) is 0 Å². The normalized spacial score (nSPS) is 20.2. The molecule has 0 aromatic heterocycles. The molecule has 1 heterocycles. The maximum absolute atomic E-state index is 11.1. The first-order valence-electron chi connectivity index (χ1n) is 7.68. The smallest absolute Gasteiger partial charge is 0.208 e. The van der Waals surface area contributed by atoms with E-state index in [4.69, 9.17) is 4.74 Å². The maximum Gasteiger partial charge on any atom is 0.208 e. The zero-order valence-electron chi connectivity index (χ0n) is 13.6. The Kier molecular flexibility index (Phi) is 5.97. The Morgan fingerprint density at radius 3 is 2.77 bits per heavy atom. The van der Waals surface area contributed by atoms with Gasteiger partial charge in [-0.25, -0.2) is 13.1 Å². The third kappa shape index (κ3) is 5.68. The molecule has 2 rings (SSSR count). The van der Waals surface area contributed by atoms with E-state index >= 15 is 0 Å². The van der Waals surface area contributed by atoms with Crippen LogP contribution in [0.25, 0.3) is 0 Å². The highest BCUT2D eigenvalue weighted by molar-refractivity contribution is 7.88. The van der Waals surface area contributed by atoms with Crippen molar-refractivity contribution in [1.29, 1.82) is 0 Å². The molecule has 124 valence electrons. The lowest BCUT2D eigenvalue weighted by Crippen LogP contribution is -2.43. The third-order valence-corrected chi connectivity index (χ3v) is 4.76. The molecular weight excluding hydrogens is 300 g/mol. The van der Waals surface area contributed by atoms with Crippen molar-refractivity contribution in [2.45, 2.75) is 32.9 Å². The van der Waals surface area contributed by atoms with Crippen molar-refractivity contribution in [2.24, 2.45) is 0 Å². The van der Waals surface area contributed by atoms with Gasteiger partial charge in [-0.05, 0) is 37.0 Å². The van der Waals surface area contributed by atoms with Gasteiger partial charge in [0.2, 0.25) is 10.0 Å². The molecule has 0 radical (unpaired) electrons. The van der Waals surface area contributed by atoms with E-state index in [0.29, 0.717) is 19.6 Å². The summed E-state index contributed by atoms with van der Waals surface area (Å²) in [6.07, 6.45) is 1.98. The van der Waals surface area contributed by atoms with Gasteiger partial charge < -0.3 is 4.74 Å². The number of ether oxygens (including phenoxy) is 1. The fourth-order valence-corrected chi connectivity index (χ4v) is 3.15. The van der Waals surface area contributed by atoms with E-state index in [-0.39, 0.29) is 6.10 Å². The summed E-state index contributed by atoms with van der Waals surface area (Å²) in [5, 5.41) is 0. The molecule has 1 aromatic carbocycles. The quantitative estimate of drug-likeness (QED) is 0.859. The van der Waals surface area contributed by atoms with Crippen molar-refractivity contribution in [3.63, 3.8) is 0 Å². The first-order chi connectivity index (χ1) is 10.3. The van der Waals surface area contributed by atoms with Gasteiger partial charge in [0.05, 0.1) is 19.0 Å². The number of hydrogen-bond acceptors (Lipinski definition) is 4. The summed E-state index contributed by atoms with van der Waals surface area (Å²) in [7, 11) is -3.12. The first kappa shape index (κ1) is 17.4. The van der Waals surface area contributed by atoms with Gasteiger partial charge in [-0.1, -0.05) is 18.2 Å². The first-order valence-corrected chi connectivity index (χ1v) is 9.57. The van der Waals surface area contributed by atoms with Gasteiger partial charge in [-0.3, -0.25) is 4.90 Å². The SMILES string of the molecule is Cc1ccc(CN2CCO[C@@H](CCNS(C)(=O)=O)C2)cc1C. The number of benzene rings is 1. The van der Waals surface area contributed by atoms with Gasteiger partial charge in [0.15, 0.2) is 0 Å². The van der Waals surface area contributed by atoms with Gasteiger partial charge in [-0.2, -0.15) is 0 Å². The molecule has 0 saturated carbocycles. The number of nitrogens with zero attached hydrogens (tertiary/aromatic N) is 1. The maximum atomic E-state index is 11.1. The number of morpholine rings is 1. The molecule has 1 atom stereocenters. The van der Waals surface area contributed by atoms with Crippen LogP contribution in [0.2, 0.25) is 0 Å². The summed E-state index contributed by atoms with van der Waals surface area (Å²) < 4.78 is 30.4. The standard InChI is InChI=1S/C16H26N2O3S/c1-13-4-5-15(10-14(13)2)11-18-8-9-21-16(12-18)6-7-17-22(3,19)20/h4-5,10,16-17H,6-9,11-12H2,1-3H3/t16-/m0/s1. The summed E-state index contributed by atoms with van der Waals surface area (Å²) in [5.41, 5.74) is 3.95. The Morgan fingerprint density at radius 2 is 2.09 bits per heavy atom. The van der Waals surface area contributed by atoms with Crippen LogP contribution in [-0.2, 0) is 21.3 Å². The number of rotatable bonds is 6. The molecule has 0 aliphatic carbocycles. The molecule has 0 unspecified atom stereocenters. The Bertz CT molecular complexity index is 601. The van der Waals surface area contributed by atoms with Crippen LogP contribution < -0.4 is 4.72 Å². The number of nitrogens with one attached hydrogen (secondary N) is 1. The molecule has 0 spiro atoms. The summed E-state index contributed by atoms with van der Waals surface area (Å²) >= 11 is 0. The van der Waals surface area contributed by atoms with E-state index in [2.05, 4.69) is 41.7 Å². The lowest BCUT2D eigenvalue weighted by molar-refractivity contribution is -0.0338. The highest BCUT2D eigenvalue weighted by Crippen LogP contribution is 2.15. The molecule has 1 aromatic rings. The van der Waals surface area contributed by atoms with Crippen LogP contribution >= 0.6 is 0 Å². The Balaban J connectivity index is 1.83. The van der Waals surface area contributed by atoms with Gasteiger partial charge >= 0.3 is 0 Å². The van der Waals surface area contributed by atoms with Gasteiger partial charge in [0.1, 0.15) is 0 Å². The van der Waals surface area contributed by atoms with Crippen molar-refractivity contribution >= 4 is 10.0 Å². The largest absolute Gasteiger partial charge is 0.376 e. The summed E-state index contributed by atoms with van der Waals surface area (Å²) in [6, 6.07) is 6.58. The summed E-state index contributed by atoms with van der Waals surface area (Å²) in [4.78, 5) is 2.37. The topological polar surface area (TPSA) is 58.6 Å². The molecule has 0 amide bonds. The molecule has 1 fully saturated rings. The van der Waals surface area contributed by atoms with Crippen molar-refractivity contribution in [1.82, 2.24) is 9.62 Å². The van der Waals surface area contributed by atoms with Gasteiger partial charge in [0.25, 0.3) is 0 Å². The number of hydrogen-bond donors (Lipinski definition) is 1. The number of sulfonamides is 1. The molecule has 1 saturated heterocycles. The minimum absolute atomic E-state index is 0.0922. The molecule has 22 heavy (non-hydrogen) atoms. The Morgan fingerprint density at radius 1 is 1.32 bits per heavy atom.